The maximum absolute atomic E-state index is 13.5. The molecule has 1 heterocycles. The van der Waals surface area contributed by atoms with Gasteiger partial charge in [0.15, 0.2) is 0 Å². The van der Waals surface area contributed by atoms with E-state index in [1.807, 2.05) is 0 Å². The van der Waals surface area contributed by atoms with Crippen LogP contribution in [0.2, 0.25) is 0 Å². The summed E-state index contributed by atoms with van der Waals surface area (Å²) in [5, 5.41) is 8.76. The molecule has 1 saturated heterocycles. The van der Waals surface area contributed by atoms with Gasteiger partial charge in [-0.15, -0.1) is 0 Å². The lowest BCUT2D eigenvalue weighted by Crippen LogP contribution is -2.65. The van der Waals surface area contributed by atoms with Gasteiger partial charge in [0.25, 0.3) is 5.91 Å². The van der Waals surface area contributed by atoms with Crippen molar-refractivity contribution in [2.75, 3.05) is 7.11 Å². The fraction of sp³-hybridized carbons (Fsp3) is 0.565. The molecule has 9 nitrogen and oxygen atoms in total. The Balaban J connectivity index is 2.04. The third kappa shape index (κ3) is 3.64. The van der Waals surface area contributed by atoms with Gasteiger partial charge in [0.05, 0.1) is 7.11 Å². The molecular weight excluding hydrogens is 418 g/mol. The van der Waals surface area contributed by atoms with E-state index in [1.165, 1.54) is 27.0 Å². The minimum atomic E-state index is -1.14. The van der Waals surface area contributed by atoms with Crippen LogP contribution in [0, 0.1) is 11.3 Å². The molecule has 0 unspecified atom stereocenters. The van der Waals surface area contributed by atoms with Gasteiger partial charge in [0.1, 0.15) is 16.6 Å². The second-order valence-corrected chi connectivity index (χ2v) is 8.80. The molecule has 174 valence electrons. The molecule has 2 fully saturated rings. The highest BCUT2D eigenvalue weighted by Crippen LogP contribution is 2.65. The monoisotopic (exact) mass is 447 g/mol. The number of allylic oxidation sites excluding steroid dienone is 3. The van der Waals surface area contributed by atoms with Gasteiger partial charge in [0.2, 0.25) is 0 Å². The molecule has 32 heavy (non-hydrogen) atoms. The van der Waals surface area contributed by atoms with Crippen LogP contribution >= 0.6 is 0 Å². The van der Waals surface area contributed by atoms with Crippen LogP contribution in [0.25, 0.3) is 0 Å². The van der Waals surface area contributed by atoms with Crippen molar-refractivity contribution in [3.8, 4) is 0 Å². The minimum Gasteiger partial charge on any atom is -0.466 e. The Morgan fingerprint density at radius 2 is 2.00 bits per heavy atom. The topological polar surface area (TPSA) is 128 Å². The van der Waals surface area contributed by atoms with Crippen LogP contribution < -0.4 is 5.48 Å². The van der Waals surface area contributed by atoms with E-state index in [1.54, 1.807) is 30.6 Å². The van der Waals surface area contributed by atoms with Crippen LogP contribution in [0.4, 0.5) is 0 Å². The fourth-order valence-electron chi connectivity index (χ4n) is 5.54. The highest BCUT2D eigenvalue weighted by Gasteiger charge is 2.74. The summed E-state index contributed by atoms with van der Waals surface area (Å²) < 4.78 is 16.8. The molecule has 0 radical (unpaired) electrons. The van der Waals surface area contributed by atoms with Gasteiger partial charge in [-0.25, -0.2) is 10.3 Å². The molecule has 4 atom stereocenters. The van der Waals surface area contributed by atoms with Crippen molar-refractivity contribution in [2.24, 2.45) is 11.3 Å². The van der Waals surface area contributed by atoms with E-state index >= 15 is 0 Å². The number of methoxy groups -OCH3 is 1. The van der Waals surface area contributed by atoms with Gasteiger partial charge in [-0.1, -0.05) is 18.2 Å². The van der Waals surface area contributed by atoms with Gasteiger partial charge < -0.3 is 14.2 Å². The van der Waals surface area contributed by atoms with Gasteiger partial charge in [-0.2, -0.15) is 0 Å². The Morgan fingerprint density at radius 3 is 2.62 bits per heavy atom. The zero-order valence-corrected chi connectivity index (χ0v) is 18.7. The molecule has 2 bridgehead atoms. The summed E-state index contributed by atoms with van der Waals surface area (Å²) in [7, 11) is 1.30. The number of carbonyl (C=O) groups excluding carboxylic acids is 4. The Morgan fingerprint density at radius 1 is 1.28 bits per heavy atom. The minimum absolute atomic E-state index is 0.218. The summed E-state index contributed by atoms with van der Waals surface area (Å²) in [6, 6.07) is 0. The Bertz CT molecular complexity index is 934. The van der Waals surface area contributed by atoms with Crippen LogP contribution in [0.15, 0.2) is 35.5 Å². The first-order valence-corrected chi connectivity index (χ1v) is 10.6. The smallest absolute Gasteiger partial charge is 0.333 e. The van der Waals surface area contributed by atoms with Gasteiger partial charge in [0, 0.05) is 24.0 Å². The van der Waals surface area contributed by atoms with Crippen LogP contribution in [0.1, 0.15) is 52.9 Å². The van der Waals surface area contributed by atoms with Crippen molar-refractivity contribution < 1.29 is 38.6 Å². The maximum atomic E-state index is 13.5. The van der Waals surface area contributed by atoms with Crippen molar-refractivity contribution >= 4 is 23.8 Å². The van der Waals surface area contributed by atoms with Crippen LogP contribution in [-0.2, 0) is 33.4 Å². The van der Waals surface area contributed by atoms with Gasteiger partial charge in [-0.3, -0.25) is 19.6 Å². The quantitative estimate of drug-likeness (QED) is 0.164. The molecule has 3 rings (SSSR count). The first-order chi connectivity index (χ1) is 15.0. The van der Waals surface area contributed by atoms with Gasteiger partial charge in [-0.05, 0) is 52.0 Å². The molecule has 2 aliphatic carbocycles. The van der Waals surface area contributed by atoms with Crippen molar-refractivity contribution in [3.05, 3.63) is 35.5 Å². The molecule has 0 spiro atoms. The summed E-state index contributed by atoms with van der Waals surface area (Å²) in [5.41, 5.74) is -1.05. The molecular formula is C23H29NO8. The highest BCUT2D eigenvalue weighted by molar-refractivity contribution is 5.92. The lowest BCUT2D eigenvalue weighted by atomic mass is 9.62. The molecule has 9 heteroatoms. The first-order valence-electron chi connectivity index (χ1n) is 10.6. The summed E-state index contributed by atoms with van der Waals surface area (Å²) >= 11 is 0. The average Bonchev–Trinajstić information content (AvgIpc) is 2.89. The summed E-state index contributed by atoms with van der Waals surface area (Å²) in [5.74, 6) is -2.44. The average molecular weight is 447 g/mol. The second-order valence-electron chi connectivity index (χ2n) is 8.80. The predicted octanol–water partition coefficient (Wildman–Crippen LogP) is 2.29. The van der Waals surface area contributed by atoms with E-state index in [-0.39, 0.29) is 17.9 Å². The highest BCUT2D eigenvalue weighted by atomic mass is 16.6. The number of ether oxygens (including phenoxy) is 3. The van der Waals surface area contributed by atoms with Crippen molar-refractivity contribution in [2.45, 2.75) is 64.1 Å². The van der Waals surface area contributed by atoms with E-state index in [4.69, 9.17) is 19.4 Å². The lowest BCUT2D eigenvalue weighted by molar-refractivity contribution is -0.235. The number of carbonyl (C=O) groups is 4. The van der Waals surface area contributed by atoms with E-state index in [0.29, 0.717) is 31.3 Å². The third-order valence-electron chi connectivity index (χ3n) is 7.10. The molecule has 0 aromatic carbocycles. The lowest BCUT2D eigenvalue weighted by Gasteiger charge is -2.54. The number of hydrogen-bond donors (Lipinski definition) is 2. The molecule has 0 aromatic rings. The number of rotatable bonds is 5. The van der Waals surface area contributed by atoms with E-state index in [9.17, 15) is 19.2 Å². The second kappa shape index (κ2) is 8.54. The summed E-state index contributed by atoms with van der Waals surface area (Å²) in [6.07, 6.45) is 8.31. The first kappa shape index (κ1) is 23.7. The Hall–Kier alpha value is -2.94. The molecule has 1 saturated carbocycles. The predicted molar refractivity (Wildman–Crippen MR) is 111 cm³/mol. The van der Waals surface area contributed by atoms with Crippen LogP contribution in [0.5, 0.6) is 0 Å². The number of amides is 1. The summed E-state index contributed by atoms with van der Waals surface area (Å²) in [6.45, 7) is 4.59. The van der Waals surface area contributed by atoms with E-state index in [2.05, 4.69) is 0 Å². The van der Waals surface area contributed by atoms with Crippen LogP contribution in [0.3, 0.4) is 0 Å². The molecule has 1 aliphatic heterocycles. The molecule has 0 aromatic heterocycles. The number of nitrogens with one attached hydrogen (secondary N) is 1. The van der Waals surface area contributed by atoms with Crippen molar-refractivity contribution in [1.29, 1.82) is 0 Å². The normalized spacial score (nSPS) is 34.2. The Labute approximate surface area is 186 Å². The largest absolute Gasteiger partial charge is 0.466 e. The Kier molecular flexibility index (Phi) is 6.33. The zero-order chi connectivity index (χ0) is 23.7. The van der Waals surface area contributed by atoms with Crippen LogP contribution in [-0.4, -0.2) is 47.3 Å². The van der Waals surface area contributed by atoms with Crippen molar-refractivity contribution in [3.63, 3.8) is 0 Å². The number of hydroxylamine groups is 1. The third-order valence-corrected chi connectivity index (χ3v) is 7.10. The number of cyclic esters (lactones) is 1. The van der Waals surface area contributed by atoms with E-state index in [0.717, 1.165) is 0 Å². The van der Waals surface area contributed by atoms with Crippen molar-refractivity contribution in [1.82, 2.24) is 5.48 Å². The molecule has 2 N–H and O–H groups in total. The zero-order valence-electron chi connectivity index (χ0n) is 18.7. The number of esters is 3. The van der Waals surface area contributed by atoms with Gasteiger partial charge >= 0.3 is 17.9 Å². The fourth-order valence-corrected chi connectivity index (χ4v) is 5.54. The molecule has 3 aliphatic rings. The van der Waals surface area contributed by atoms with E-state index < -0.39 is 40.4 Å². The summed E-state index contributed by atoms with van der Waals surface area (Å²) in [4.78, 5) is 49.3. The standard InChI is InChI=1S/C23H29NO8/c1-14(18(26)24-29)6-5-10-21(3)17-9-12-22(20(28)32-21)11-7-16(19(27)30-4)8-13-23(17,22)31-15(2)25/h5-7,10,17,29H,8-9,11-13H2,1-4H3,(H,24,26)/b10-5+,14-6+/t17-,21+,22+,23-/m0/s1. The SMILES string of the molecule is COC(=O)C1=CC[C@@]23CC[C@@H]([C@@](C)(/C=C/C=C(\C)C(=O)NO)OC2=O)[C@@]3(OC(C)=O)CC1. The molecule has 1 amide bonds. The number of hydrogen-bond acceptors (Lipinski definition) is 8. The maximum Gasteiger partial charge on any atom is 0.333 e.